The second-order valence-electron chi connectivity index (χ2n) is 5.36. The smallest absolute Gasteiger partial charge is 0.244 e. The standard InChI is InChI=1S/C16H17ClN4O2/c17-16-12(21-10-2-1-5-13(21)19-16)6-7-14(22)18-11-15(23)20-8-3-4-9-20/h1-2,5-7,10H,3-4,8-9,11H2,(H,18,22)/b7-6+. The molecule has 0 atom stereocenters. The van der Waals surface area contributed by atoms with Gasteiger partial charge in [0.05, 0.1) is 12.2 Å². The van der Waals surface area contributed by atoms with Gasteiger partial charge in [-0.1, -0.05) is 17.7 Å². The molecular formula is C16H17ClN4O2. The zero-order chi connectivity index (χ0) is 16.2. The van der Waals surface area contributed by atoms with Gasteiger partial charge in [0, 0.05) is 25.4 Å². The van der Waals surface area contributed by atoms with Crippen LogP contribution in [0.3, 0.4) is 0 Å². The number of hydrogen-bond donors (Lipinski definition) is 1. The number of halogens is 1. The van der Waals surface area contributed by atoms with Crippen LogP contribution in [0.15, 0.2) is 30.5 Å². The van der Waals surface area contributed by atoms with Crippen LogP contribution in [0.4, 0.5) is 0 Å². The number of nitrogens with zero attached hydrogens (tertiary/aromatic N) is 3. The van der Waals surface area contributed by atoms with Crippen LogP contribution in [0.2, 0.25) is 5.15 Å². The van der Waals surface area contributed by atoms with Crippen molar-refractivity contribution in [2.24, 2.45) is 0 Å². The Balaban J connectivity index is 1.61. The van der Waals surface area contributed by atoms with E-state index in [4.69, 9.17) is 11.6 Å². The second kappa shape index (κ2) is 6.83. The highest BCUT2D eigenvalue weighted by Crippen LogP contribution is 2.18. The van der Waals surface area contributed by atoms with Crippen LogP contribution < -0.4 is 5.32 Å². The minimum atomic E-state index is -0.334. The van der Waals surface area contributed by atoms with Gasteiger partial charge in [0.2, 0.25) is 11.8 Å². The van der Waals surface area contributed by atoms with Crippen LogP contribution in [0, 0.1) is 0 Å². The average Bonchev–Trinajstić information content (AvgIpc) is 3.18. The molecule has 0 radical (unpaired) electrons. The Morgan fingerprint density at radius 3 is 2.87 bits per heavy atom. The highest BCUT2D eigenvalue weighted by atomic mass is 35.5. The maximum atomic E-state index is 11.9. The zero-order valence-corrected chi connectivity index (χ0v) is 13.3. The first-order chi connectivity index (χ1) is 11.1. The van der Waals surface area contributed by atoms with Gasteiger partial charge in [-0.3, -0.25) is 14.0 Å². The van der Waals surface area contributed by atoms with Crippen molar-refractivity contribution >= 4 is 35.1 Å². The summed E-state index contributed by atoms with van der Waals surface area (Å²) < 4.78 is 1.79. The van der Waals surface area contributed by atoms with E-state index in [1.54, 1.807) is 15.4 Å². The van der Waals surface area contributed by atoms with Crippen molar-refractivity contribution in [1.29, 1.82) is 0 Å². The molecule has 23 heavy (non-hydrogen) atoms. The molecule has 2 aromatic heterocycles. The Hall–Kier alpha value is -2.34. The fourth-order valence-corrected chi connectivity index (χ4v) is 2.83. The minimum absolute atomic E-state index is 0.0179. The van der Waals surface area contributed by atoms with Gasteiger partial charge in [-0.25, -0.2) is 4.98 Å². The fraction of sp³-hybridized carbons (Fsp3) is 0.312. The Labute approximate surface area is 138 Å². The van der Waals surface area contributed by atoms with E-state index in [1.807, 2.05) is 24.4 Å². The van der Waals surface area contributed by atoms with Crippen molar-refractivity contribution in [3.8, 4) is 0 Å². The second-order valence-corrected chi connectivity index (χ2v) is 5.71. The quantitative estimate of drug-likeness (QED) is 0.867. The molecular weight excluding hydrogens is 316 g/mol. The highest BCUT2D eigenvalue weighted by Gasteiger charge is 2.17. The lowest BCUT2D eigenvalue weighted by molar-refractivity contribution is -0.131. The number of imidazole rings is 1. The summed E-state index contributed by atoms with van der Waals surface area (Å²) in [6, 6.07) is 5.55. The molecule has 6 nitrogen and oxygen atoms in total. The van der Waals surface area contributed by atoms with Crippen molar-refractivity contribution < 1.29 is 9.59 Å². The van der Waals surface area contributed by atoms with Crippen LogP contribution >= 0.6 is 11.6 Å². The van der Waals surface area contributed by atoms with E-state index in [-0.39, 0.29) is 18.4 Å². The number of hydrogen-bond acceptors (Lipinski definition) is 3. The molecule has 0 aliphatic carbocycles. The van der Waals surface area contributed by atoms with Crippen LogP contribution in [0.1, 0.15) is 18.5 Å². The molecule has 2 aromatic rings. The first kappa shape index (κ1) is 15.6. The van der Waals surface area contributed by atoms with Gasteiger partial charge >= 0.3 is 0 Å². The molecule has 120 valence electrons. The maximum absolute atomic E-state index is 11.9. The third-order valence-corrected chi connectivity index (χ3v) is 4.07. The topological polar surface area (TPSA) is 66.7 Å². The summed E-state index contributed by atoms with van der Waals surface area (Å²) in [6.07, 6.45) is 6.85. The first-order valence-electron chi connectivity index (χ1n) is 7.51. The summed E-state index contributed by atoms with van der Waals surface area (Å²) in [6.45, 7) is 1.58. The Kier molecular flexibility index (Phi) is 4.62. The molecule has 1 aliphatic rings. The van der Waals surface area contributed by atoms with Crippen molar-refractivity contribution in [1.82, 2.24) is 19.6 Å². The molecule has 0 saturated carbocycles. The van der Waals surface area contributed by atoms with Gasteiger partial charge in [0.1, 0.15) is 5.65 Å². The van der Waals surface area contributed by atoms with Gasteiger partial charge in [-0.15, -0.1) is 0 Å². The van der Waals surface area contributed by atoms with Crippen LogP contribution in [-0.4, -0.2) is 45.7 Å². The molecule has 1 saturated heterocycles. The molecule has 3 rings (SSSR count). The number of aromatic nitrogens is 2. The number of pyridine rings is 1. The summed E-state index contributed by atoms with van der Waals surface area (Å²) in [5.41, 5.74) is 1.34. The molecule has 1 aliphatic heterocycles. The molecule has 0 spiro atoms. The number of fused-ring (bicyclic) bond motifs is 1. The first-order valence-corrected chi connectivity index (χ1v) is 7.89. The number of amides is 2. The molecule has 1 fully saturated rings. The number of carbonyl (C=O) groups is 2. The molecule has 7 heteroatoms. The zero-order valence-electron chi connectivity index (χ0n) is 12.5. The molecule has 1 N–H and O–H groups in total. The number of nitrogens with one attached hydrogen (secondary N) is 1. The highest BCUT2D eigenvalue weighted by molar-refractivity contribution is 6.31. The summed E-state index contributed by atoms with van der Waals surface area (Å²) in [7, 11) is 0. The SMILES string of the molecule is O=C(/C=C/c1c(Cl)nc2ccccn12)NCC(=O)N1CCCC1. The molecule has 0 bridgehead atoms. The van der Waals surface area contributed by atoms with Crippen LogP contribution in [-0.2, 0) is 9.59 Å². The molecule has 3 heterocycles. The van der Waals surface area contributed by atoms with Gasteiger partial charge in [0.25, 0.3) is 0 Å². The Morgan fingerprint density at radius 2 is 2.09 bits per heavy atom. The lowest BCUT2D eigenvalue weighted by Gasteiger charge is -2.14. The van der Waals surface area contributed by atoms with Crippen molar-refractivity contribution in [2.45, 2.75) is 12.8 Å². The summed E-state index contributed by atoms with van der Waals surface area (Å²) >= 11 is 6.09. The predicted octanol–water partition coefficient (Wildman–Crippen LogP) is 1.74. The van der Waals surface area contributed by atoms with Crippen LogP contribution in [0.25, 0.3) is 11.7 Å². The van der Waals surface area contributed by atoms with Crippen molar-refractivity contribution in [2.75, 3.05) is 19.6 Å². The molecule has 0 unspecified atom stereocenters. The lowest BCUT2D eigenvalue weighted by Crippen LogP contribution is -2.38. The van der Waals surface area contributed by atoms with Crippen molar-refractivity contribution in [3.05, 3.63) is 41.3 Å². The third-order valence-electron chi connectivity index (χ3n) is 3.79. The van der Waals surface area contributed by atoms with Crippen LogP contribution in [0.5, 0.6) is 0 Å². The largest absolute Gasteiger partial charge is 0.343 e. The maximum Gasteiger partial charge on any atom is 0.244 e. The number of carbonyl (C=O) groups excluding carboxylic acids is 2. The van der Waals surface area contributed by atoms with Crippen molar-refractivity contribution in [3.63, 3.8) is 0 Å². The van der Waals surface area contributed by atoms with E-state index < -0.39 is 0 Å². The van der Waals surface area contributed by atoms with E-state index in [0.29, 0.717) is 16.5 Å². The normalized spacial score (nSPS) is 14.7. The van der Waals surface area contributed by atoms with E-state index in [9.17, 15) is 9.59 Å². The van der Waals surface area contributed by atoms with Gasteiger partial charge in [0.15, 0.2) is 5.15 Å². The monoisotopic (exact) mass is 332 g/mol. The van der Waals surface area contributed by atoms with Gasteiger partial charge in [-0.05, 0) is 31.1 Å². The number of rotatable bonds is 4. The van der Waals surface area contributed by atoms with E-state index in [1.165, 1.54) is 6.08 Å². The predicted molar refractivity (Wildman–Crippen MR) is 88.1 cm³/mol. The lowest BCUT2D eigenvalue weighted by atomic mass is 10.3. The molecule has 0 aromatic carbocycles. The third kappa shape index (κ3) is 3.53. The Morgan fingerprint density at radius 1 is 1.30 bits per heavy atom. The Bertz CT molecular complexity index is 763. The fourth-order valence-electron chi connectivity index (χ4n) is 2.59. The van der Waals surface area contributed by atoms with Gasteiger partial charge in [-0.2, -0.15) is 0 Å². The minimum Gasteiger partial charge on any atom is -0.343 e. The number of likely N-dealkylation sites (tertiary alicyclic amines) is 1. The van der Waals surface area contributed by atoms with E-state index in [2.05, 4.69) is 10.3 Å². The molecule has 2 amide bonds. The summed E-state index contributed by atoms with van der Waals surface area (Å²) in [4.78, 5) is 29.7. The summed E-state index contributed by atoms with van der Waals surface area (Å²) in [5.74, 6) is -0.378. The van der Waals surface area contributed by atoms with E-state index in [0.717, 1.165) is 25.9 Å². The van der Waals surface area contributed by atoms with Gasteiger partial charge < -0.3 is 10.2 Å². The summed E-state index contributed by atoms with van der Waals surface area (Å²) in [5, 5.41) is 2.93. The van der Waals surface area contributed by atoms with E-state index >= 15 is 0 Å². The average molecular weight is 333 g/mol.